The molecule has 15 heteroatoms. The minimum atomic E-state index is -1.01. The number of benzene rings is 2. The number of aryl methyl sites for hydroxylation is 1. The van der Waals surface area contributed by atoms with E-state index in [-0.39, 0.29) is 22.4 Å². The van der Waals surface area contributed by atoms with Gasteiger partial charge >= 0.3 is 0 Å². The fraction of sp³-hybridized carbons (Fsp3) is 0.462. The summed E-state index contributed by atoms with van der Waals surface area (Å²) in [4.78, 5) is 58.8. The first-order chi connectivity index (χ1) is 26.1. The van der Waals surface area contributed by atoms with Crippen molar-refractivity contribution in [1.29, 1.82) is 0 Å². The number of piperazine rings is 1. The summed E-state index contributed by atoms with van der Waals surface area (Å²) < 4.78 is 21.3. The van der Waals surface area contributed by atoms with Gasteiger partial charge in [-0.3, -0.25) is 28.8 Å². The third-order valence-corrected chi connectivity index (χ3v) is 11.4. The maximum atomic E-state index is 15.9. The molecule has 286 valence electrons. The lowest BCUT2D eigenvalue weighted by molar-refractivity contribution is -0.135. The van der Waals surface area contributed by atoms with Crippen molar-refractivity contribution in [1.82, 2.24) is 39.8 Å². The molecule has 3 atom stereocenters. The molecule has 1 aliphatic heterocycles. The van der Waals surface area contributed by atoms with Crippen molar-refractivity contribution >= 4 is 40.8 Å². The fourth-order valence-corrected chi connectivity index (χ4v) is 7.79. The molecular formula is C39H48FN9O4S. The number of carbonyl (C=O) groups is 4. The number of nitrogens with one attached hydrogen (secondary N) is 3. The van der Waals surface area contributed by atoms with Crippen LogP contribution < -0.4 is 16.0 Å². The molecule has 0 spiro atoms. The van der Waals surface area contributed by atoms with Crippen LogP contribution in [0.5, 0.6) is 0 Å². The van der Waals surface area contributed by atoms with Gasteiger partial charge in [0.25, 0.3) is 11.8 Å². The molecule has 2 aromatic carbocycles. The normalized spacial score (nSPS) is 19.4. The first-order valence-corrected chi connectivity index (χ1v) is 19.4. The van der Waals surface area contributed by atoms with E-state index in [0.717, 1.165) is 43.8 Å². The number of hydrogen-bond donors (Lipinski definition) is 3. The Labute approximate surface area is 318 Å². The second-order valence-electron chi connectivity index (χ2n) is 14.3. The Hall–Kier alpha value is -5.02. The molecule has 4 amide bonds. The van der Waals surface area contributed by atoms with E-state index < -0.39 is 41.5 Å². The molecule has 0 radical (unpaired) electrons. The van der Waals surface area contributed by atoms with Crippen LogP contribution in [0.3, 0.4) is 0 Å². The van der Waals surface area contributed by atoms with E-state index in [1.54, 1.807) is 34.8 Å². The fourth-order valence-electron chi connectivity index (χ4n) is 7.37. The van der Waals surface area contributed by atoms with Crippen molar-refractivity contribution in [2.45, 2.75) is 77.5 Å². The summed E-state index contributed by atoms with van der Waals surface area (Å²) in [5.74, 6) is -2.60. The lowest BCUT2D eigenvalue weighted by Crippen LogP contribution is -2.56. The Kier molecular flexibility index (Phi) is 12.8. The van der Waals surface area contributed by atoms with Crippen LogP contribution >= 0.6 is 11.5 Å². The van der Waals surface area contributed by atoms with E-state index in [0.29, 0.717) is 49.9 Å². The van der Waals surface area contributed by atoms with Gasteiger partial charge in [0.15, 0.2) is 0 Å². The van der Waals surface area contributed by atoms with Crippen molar-refractivity contribution in [3.05, 3.63) is 94.5 Å². The Morgan fingerprint density at radius 1 is 0.944 bits per heavy atom. The molecule has 0 bridgehead atoms. The highest BCUT2D eigenvalue weighted by Gasteiger charge is 2.36. The first kappa shape index (κ1) is 38.7. The van der Waals surface area contributed by atoms with Crippen LogP contribution in [-0.2, 0) is 22.7 Å². The monoisotopic (exact) mass is 757 g/mol. The molecule has 2 aliphatic rings. The number of nitrogens with zero attached hydrogens (tertiary/aromatic N) is 6. The highest BCUT2D eigenvalue weighted by atomic mass is 32.1. The van der Waals surface area contributed by atoms with Crippen LogP contribution in [0.15, 0.2) is 67.0 Å². The number of halogens is 1. The average molecular weight is 758 g/mol. The lowest BCUT2D eigenvalue weighted by atomic mass is 9.79. The summed E-state index contributed by atoms with van der Waals surface area (Å²) in [6, 6.07) is 14.3. The van der Waals surface area contributed by atoms with Crippen LogP contribution in [0.1, 0.15) is 83.7 Å². The summed E-state index contributed by atoms with van der Waals surface area (Å²) in [5, 5.41) is 16.5. The molecule has 1 saturated carbocycles. The Morgan fingerprint density at radius 3 is 2.35 bits per heavy atom. The summed E-state index contributed by atoms with van der Waals surface area (Å²) in [7, 11) is 0. The number of rotatable bonds is 13. The van der Waals surface area contributed by atoms with Crippen LogP contribution in [0.25, 0.3) is 0 Å². The van der Waals surface area contributed by atoms with E-state index in [9.17, 15) is 19.2 Å². The van der Waals surface area contributed by atoms with Gasteiger partial charge < -0.3 is 20.9 Å². The van der Waals surface area contributed by atoms with Crippen LogP contribution in [0, 0.1) is 17.7 Å². The maximum absolute atomic E-state index is 15.9. The van der Waals surface area contributed by atoms with Crippen LogP contribution in [0.4, 0.5) is 10.1 Å². The summed E-state index contributed by atoms with van der Waals surface area (Å²) in [5.41, 5.74) is 1.96. The molecule has 0 unspecified atom stereocenters. The van der Waals surface area contributed by atoms with E-state index in [4.69, 9.17) is 0 Å². The third-order valence-electron chi connectivity index (χ3n) is 10.7. The lowest BCUT2D eigenvalue weighted by Gasteiger charge is -2.37. The highest BCUT2D eigenvalue weighted by Crippen LogP contribution is 2.32. The van der Waals surface area contributed by atoms with Crippen molar-refractivity contribution < 1.29 is 23.6 Å². The van der Waals surface area contributed by atoms with Gasteiger partial charge in [-0.05, 0) is 72.5 Å². The Morgan fingerprint density at radius 2 is 1.69 bits per heavy atom. The van der Waals surface area contributed by atoms with Gasteiger partial charge in [0.1, 0.15) is 28.5 Å². The molecule has 1 aliphatic carbocycles. The minimum Gasteiger partial charge on any atom is -0.339 e. The number of hydrogen-bond acceptors (Lipinski definition) is 9. The molecular weight excluding hydrogens is 710 g/mol. The first-order valence-electron chi connectivity index (χ1n) is 18.7. The van der Waals surface area contributed by atoms with Gasteiger partial charge in [-0.2, -0.15) is 5.10 Å². The standard InChI is InChI=1S/C39H48FN9O4S/c1-4-49-32(16-17-42-49)36(50)45-35(28-12-10-25(2)11-13-28)38(52)43-31-15-14-29(22-30(31)40)26(3)34(44-37(51)33-23-41-46-54-33)39(53)48-20-18-47(19-21-48)24-27-8-6-5-7-9-27/h5-9,14-17,22-23,25-26,28,34-35H,4,10-13,18-21,24H2,1-3H3,(H,43,52)(H,44,51)(H,45,50)/t25-,26-,28-,34+,35-/m0/s1. The number of aromatic nitrogens is 4. The number of amides is 4. The molecule has 2 fully saturated rings. The van der Waals surface area contributed by atoms with Gasteiger partial charge in [-0.25, -0.2) is 4.39 Å². The minimum absolute atomic E-state index is 0.0461. The average Bonchev–Trinajstić information content (AvgIpc) is 3.91. The summed E-state index contributed by atoms with van der Waals surface area (Å²) >= 11 is 0.921. The zero-order valence-electron chi connectivity index (χ0n) is 30.9. The predicted molar refractivity (Wildman–Crippen MR) is 203 cm³/mol. The Bertz CT molecular complexity index is 1890. The largest absolute Gasteiger partial charge is 0.339 e. The van der Waals surface area contributed by atoms with Gasteiger partial charge in [0.05, 0.1) is 11.9 Å². The highest BCUT2D eigenvalue weighted by molar-refractivity contribution is 7.07. The second kappa shape index (κ2) is 17.9. The SMILES string of the molecule is CCn1nccc1C(=O)N[C@H](C(=O)Nc1ccc([C@H](C)[C@@H](NC(=O)c2cnns2)C(=O)N2CCN(Cc3ccccc3)CC2)cc1F)[C@H]1CC[C@H](C)CC1. The topological polar surface area (TPSA) is 154 Å². The van der Waals surface area contributed by atoms with Crippen molar-refractivity contribution in [3.63, 3.8) is 0 Å². The predicted octanol–water partition coefficient (Wildman–Crippen LogP) is 4.70. The molecule has 3 heterocycles. The Balaban J connectivity index is 1.17. The van der Waals surface area contributed by atoms with Crippen molar-refractivity contribution in [2.75, 3.05) is 31.5 Å². The molecule has 4 aromatic rings. The maximum Gasteiger partial charge on any atom is 0.270 e. The number of carbonyl (C=O) groups excluding carboxylic acids is 4. The van der Waals surface area contributed by atoms with Crippen molar-refractivity contribution in [2.24, 2.45) is 11.8 Å². The van der Waals surface area contributed by atoms with E-state index >= 15 is 4.39 Å². The smallest absolute Gasteiger partial charge is 0.270 e. The number of anilines is 1. The molecule has 2 aromatic heterocycles. The molecule has 6 rings (SSSR count). The molecule has 13 nitrogen and oxygen atoms in total. The molecule has 1 saturated heterocycles. The summed E-state index contributed by atoms with van der Waals surface area (Å²) in [6.45, 7) is 9.38. The third kappa shape index (κ3) is 9.37. The van der Waals surface area contributed by atoms with Gasteiger partial charge in [0.2, 0.25) is 11.8 Å². The van der Waals surface area contributed by atoms with Gasteiger partial charge in [-0.1, -0.05) is 67.6 Å². The van der Waals surface area contributed by atoms with Gasteiger partial charge in [0, 0.05) is 51.4 Å². The van der Waals surface area contributed by atoms with Crippen LogP contribution in [0.2, 0.25) is 0 Å². The van der Waals surface area contributed by atoms with Gasteiger partial charge in [-0.15, -0.1) is 5.10 Å². The molecule has 54 heavy (non-hydrogen) atoms. The van der Waals surface area contributed by atoms with Crippen molar-refractivity contribution in [3.8, 4) is 0 Å². The van der Waals surface area contributed by atoms with E-state index in [1.165, 1.54) is 23.9 Å². The van der Waals surface area contributed by atoms with E-state index in [2.05, 4.69) is 54.6 Å². The quantitative estimate of drug-likeness (QED) is 0.177. The zero-order valence-corrected chi connectivity index (χ0v) is 31.7. The zero-order chi connectivity index (χ0) is 38.2. The van der Waals surface area contributed by atoms with E-state index in [1.807, 2.05) is 25.1 Å². The molecule has 3 N–H and O–H groups in total. The second-order valence-corrected chi connectivity index (χ2v) is 15.1. The summed E-state index contributed by atoms with van der Waals surface area (Å²) in [6.07, 6.45) is 6.25. The van der Waals surface area contributed by atoms with Crippen LogP contribution in [-0.4, -0.2) is 91.1 Å².